The van der Waals surface area contributed by atoms with E-state index in [0.29, 0.717) is 17.7 Å². The number of likely N-dealkylation sites (N-methyl/N-ethyl adjacent to an activating group) is 1. The molecule has 17 heavy (non-hydrogen) atoms. The van der Waals surface area contributed by atoms with Gasteiger partial charge in [-0.25, -0.2) is 4.79 Å². The van der Waals surface area contributed by atoms with Crippen molar-refractivity contribution in [2.45, 2.75) is 18.8 Å². The Morgan fingerprint density at radius 1 is 1.47 bits per heavy atom. The first-order chi connectivity index (χ1) is 8.13. The number of carbonyl (C=O) groups is 1. The van der Waals surface area contributed by atoms with E-state index in [1.807, 2.05) is 0 Å². The van der Waals surface area contributed by atoms with E-state index < -0.39 is 12.2 Å². The van der Waals surface area contributed by atoms with Gasteiger partial charge in [0, 0.05) is 12.1 Å². The number of ether oxygens (including phenoxy) is 1. The van der Waals surface area contributed by atoms with E-state index in [1.54, 1.807) is 25.2 Å². The molecule has 0 fully saturated rings. The first-order valence-corrected chi connectivity index (χ1v) is 5.44. The van der Waals surface area contributed by atoms with Crippen molar-refractivity contribution >= 4 is 5.97 Å². The number of aliphatic hydroxyl groups is 2. The second-order valence-electron chi connectivity index (χ2n) is 4.06. The summed E-state index contributed by atoms with van der Waals surface area (Å²) in [5, 5.41) is 22.4. The number of esters is 1. The topological polar surface area (TPSA) is 78.8 Å². The van der Waals surface area contributed by atoms with Crippen molar-refractivity contribution in [3.8, 4) is 0 Å². The minimum absolute atomic E-state index is 0.233. The Balaban J connectivity index is 2.20. The number of fused-ring (bicyclic) bond motifs is 1. The minimum Gasteiger partial charge on any atom is -0.457 e. The summed E-state index contributed by atoms with van der Waals surface area (Å²) >= 11 is 0. The van der Waals surface area contributed by atoms with Gasteiger partial charge in [0.15, 0.2) is 0 Å². The number of nitrogens with one attached hydrogen (secondary N) is 1. The molecule has 2 unspecified atom stereocenters. The molecule has 2 atom stereocenters. The molecule has 0 radical (unpaired) electrons. The second-order valence-corrected chi connectivity index (χ2v) is 4.06. The van der Waals surface area contributed by atoms with E-state index in [4.69, 9.17) is 4.74 Å². The van der Waals surface area contributed by atoms with Crippen molar-refractivity contribution < 1.29 is 19.7 Å². The predicted octanol–water partition coefficient (Wildman–Crippen LogP) is -0.0293. The molecular formula is C12H15NO4. The van der Waals surface area contributed by atoms with Crippen LogP contribution in [0.4, 0.5) is 0 Å². The third kappa shape index (κ3) is 2.31. The average molecular weight is 237 g/mol. The van der Waals surface area contributed by atoms with Crippen LogP contribution in [0.15, 0.2) is 18.2 Å². The highest BCUT2D eigenvalue weighted by Gasteiger charge is 2.24. The molecule has 2 rings (SSSR count). The molecule has 1 heterocycles. The van der Waals surface area contributed by atoms with Crippen molar-refractivity contribution in [3.05, 3.63) is 34.9 Å². The molecule has 0 spiro atoms. The molecule has 1 aliphatic rings. The highest BCUT2D eigenvalue weighted by molar-refractivity contribution is 5.93. The number of benzene rings is 1. The lowest BCUT2D eigenvalue weighted by Gasteiger charge is -2.18. The fraction of sp³-hybridized carbons (Fsp3) is 0.417. The van der Waals surface area contributed by atoms with Crippen molar-refractivity contribution in [1.29, 1.82) is 0 Å². The number of rotatable bonds is 4. The number of hydrogen-bond donors (Lipinski definition) is 3. The maximum Gasteiger partial charge on any atom is 0.338 e. The first-order valence-electron chi connectivity index (χ1n) is 5.44. The van der Waals surface area contributed by atoms with Gasteiger partial charge in [-0.2, -0.15) is 0 Å². The molecule has 3 N–H and O–H groups in total. The van der Waals surface area contributed by atoms with Crippen LogP contribution in [0.1, 0.15) is 27.6 Å². The van der Waals surface area contributed by atoms with E-state index in [-0.39, 0.29) is 12.6 Å². The van der Waals surface area contributed by atoms with Crippen LogP contribution < -0.4 is 5.32 Å². The highest BCUT2D eigenvalue weighted by atomic mass is 16.5. The lowest BCUT2D eigenvalue weighted by Crippen LogP contribution is -2.29. The van der Waals surface area contributed by atoms with Crippen LogP contribution in [-0.2, 0) is 11.3 Å². The third-order valence-corrected chi connectivity index (χ3v) is 2.83. The van der Waals surface area contributed by atoms with Crippen LogP contribution in [0.3, 0.4) is 0 Å². The van der Waals surface area contributed by atoms with Crippen LogP contribution in [0.2, 0.25) is 0 Å². The average Bonchev–Trinajstić information content (AvgIpc) is 2.70. The van der Waals surface area contributed by atoms with Gasteiger partial charge in [0.2, 0.25) is 0 Å². The third-order valence-electron chi connectivity index (χ3n) is 2.83. The van der Waals surface area contributed by atoms with E-state index in [0.717, 1.165) is 5.56 Å². The zero-order chi connectivity index (χ0) is 12.4. The Bertz CT molecular complexity index is 433. The Hall–Kier alpha value is -1.43. The zero-order valence-corrected chi connectivity index (χ0v) is 9.51. The van der Waals surface area contributed by atoms with Gasteiger partial charge in [0.25, 0.3) is 0 Å². The van der Waals surface area contributed by atoms with E-state index in [2.05, 4.69) is 5.32 Å². The van der Waals surface area contributed by atoms with Crippen molar-refractivity contribution in [1.82, 2.24) is 5.32 Å². The van der Waals surface area contributed by atoms with Crippen LogP contribution in [0.25, 0.3) is 0 Å². The van der Waals surface area contributed by atoms with Gasteiger partial charge in [-0.15, -0.1) is 0 Å². The van der Waals surface area contributed by atoms with Gasteiger partial charge in [-0.1, -0.05) is 6.07 Å². The lowest BCUT2D eigenvalue weighted by molar-refractivity contribution is 0.0202. The number of aliphatic hydroxyl groups excluding tert-OH is 2. The largest absolute Gasteiger partial charge is 0.457 e. The van der Waals surface area contributed by atoms with Gasteiger partial charge < -0.3 is 20.3 Å². The Morgan fingerprint density at radius 3 is 2.94 bits per heavy atom. The molecule has 0 saturated heterocycles. The second kappa shape index (κ2) is 4.83. The van der Waals surface area contributed by atoms with Crippen molar-refractivity contribution in [3.63, 3.8) is 0 Å². The number of hydrogen-bond acceptors (Lipinski definition) is 5. The minimum atomic E-state index is -0.969. The molecule has 1 aliphatic heterocycles. The van der Waals surface area contributed by atoms with Crippen LogP contribution in [0, 0.1) is 0 Å². The molecule has 0 aromatic heterocycles. The smallest absolute Gasteiger partial charge is 0.338 e. The van der Waals surface area contributed by atoms with Gasteiger partial charge >= 0.3 is 5.97 Å². The normalized spacial score (nSPS) is 17.5. The lowest BCUT2D eigenvalue weighted by atomic mass is 9.99. The van der Waals surface area contributed by atoms with Gasteiger partial charge in [-0.05, 0) is 24.7 Å². The molecule has 92 valence electrons. The molecule has 0 saturated carbocycles. The molecule has 1 aromatic rings. The molecule has 5 heteroatoms. The molecule has 5 nitrogen and oxygen atoms in total. The maximum absolute atomic E-state index is 11.2. The summed E-state index contributed by atoms with van der Waals surface area (Å²) in [5.74, 6) is -0.336. The molecule has 0 bridgehead atoms. The molecule has 0 amide bonds. The maximum atomic E-state index is 11.2. The van der Waals surface area contributed by atoms with E-state index in [1.165, 1.54) is 0 Å². The number of cyclic esters (lactones) is 1. The molecular weight excluding hydrogens is 222 g/mol. The molecule has 0 aliphatic carbocycles. The molecule has 1 aromatic carbocycles. The van der Waals surface area contributed by atoms with Crippen molar-refractivity contribution in [2.24, 2.45) is 0 Å². The summed E-state index contributed by atoms with van der Waals surface area (Å²) in [6, 6.07) is 4.95. The summed E-state index contributed by atoms with van der Waals surface area (Å²) in [5.41, 5.74) is 1.87. The monoisotopic (exact) mass is 237 g/mol. The van der Waals surface area contributed by atoms with Crippen molar-refractivity contribution in [2.75, 3.05) is 13.6 Å². The number of carbonyl (C=O) groups excluding carboxylic acids is 1. The standard InChI is InChI=1S/C12H15NO4/c1-13-5-10(14)11(15)7-2-3-9-8(4-7)6-17-12(9)16/h2-4,10-11,13-15H,5-6H2,1H3. The van der Waals surface area contributed by atoms with Gasteiger partial charge in [0.1, 0.15) is 12.7 Å². The Morgan fingerprint density at radius 2 is 2.24 bits per heavy atom. The van der Waals surface area contributed by atoms with E-state index in [9.17, 15) is 15.0 Å². The predicted molar refractivity (Wildman–Crippen MR) is 60.5 cm³/mol. The summed E-state index contributed by atoms with van der Waals surface area (Å²) in [6.45, 7) is 0.532. The fourth-order valence-corrected chi connectivity index (χ4v) is 1.88. The highest BCUT2D eigenvalue weighted by Crippen LogP contribution is 2.25. The van der Waals surface area contributed by atoms with Crippen LogP contribution in [0.5, 0.6) is 0 Å². The Kier molecular flexibility index (Phi) is 3.42. The quantitative estimate of drug-likeness (QED) is 0.641. The van der Waals surface area contributed by atoms with E-state index >= 15 is 0 Å². The summed E-state index contributed by atoms with van der Waals surface area (Å²) in [4.78, 5) is 11.2. The first kappa shape index (κ1) is 12.0. The van der Waals surface area contributed by atoms with Crippen LogP contribution in [-0.4, -0.2) is 35.9 Å². The van der Waals surface area contributed by atoms with Gasteiger partial charge in [0.05, 0.1) is 11.7 Å². The SMILES string of the molecule is CNCC(O)C(O)c1ccc2c(c1)COC2=O. The fourth-order valence-electron chi connectivity index (χ4n) is 1.88. The Labute approximate surface area is 99.0 Å². The summed E-state index contributed by atoms with van der Waals surface area (Å²) in [7, 11) is 1.70. The van der Waals surface area contributed by atoms with Gasteiger partial charge in [-0.3, -0.25) is 0 Å². The summed E-state index contributed by atoms with van der Waals surface area (Å²) < 4.78 is 4.87. The summed E-state index contributed by atoms with van der Waals surface area (Å²) in [6.07, 6.45) is -1.85. The van der Waals surface area contributed by atoms with Crippen LogP contribution >= 0.6 is 0 Å². The zero-order valence-electron chi connectivity index (χ0n) is 9.51.